The zero-order valence-electron chi connectivity index (χ0n) is 11.4. The number of carbonyl (C=O) groups is 2. The molecule has 0 saturated heterocycles. The van der Waals surface area contributed by atoms with E-state index in [4.69, 9.17) is 0 Å². The number of carbonyl (C=O) groups excluding carboxylic acids is 2. The predicted octanol–water partition coefficient (Wildman–Crippen LogP) is 2.83. The summed E-state index contributed by atoms with van der Waals surface area (Å²) in [6.45, 7) is 7.25. The number of rotatable bonds is 6. The van der Waals surface area contributed by atoms with E-state index < -0.39 is 5.78 Å². The first-order valence-corrected chi connectivity index (χ1v) is 6.50. The van der Waals surface area contributed by atoms with Gasteiger partial charge < -0.3 is 4.90 Å². The maximum Gasteiger partial charge on any atom is 0.294 e. The maximum atomic E-state index is 12.1. The van der Waals surface area contributed by atoms with Crippen molar-refractivity contribution in [2.75, 3.05) is 13.1 Å². The molecule has 1 aromatic carbocycles. The number of Topliss-reactive ketones (excluding diaryl/α,β-unsaturated/α-hetero) is 1. The number of hydrogen-bond acceptors (Lipinski definition) is 2. The van der Waals surface area contributed by atoms with Crippen LogP contribution in [-0.4, -0.2) is 29.7 Å². The summed E-state index contributed by atoms with van der Waals surface area (Å²) in [6.07, 6.45) is 1.74. The Kier molecular flexibility index (Phi) is 5.56. The molecule has 0 aliphatic rings. The minimum absolute atomic E-state index is 0.387. The van der Waals surface area contributed by atoms with E-state index in [-0.39, 0.29) is 5.91 Å². The van der Waals surface area contributed by atoms with Crippen molar-refractivity contribution in [1.29, 1.82) is 0 Å². The summed E-state index contributed by atoms with van der Waals surface area (Å²) in [6, 6.07) is 7.13. The second-order valence-electron chi connectivity index (χ2n) is 4.49. The van der Waals surface area contributed by atoms with Crippen LogP contribution in [0.25, 0.3) is 0 Å². The molecule has 98 valence electrons. The summed E-state index contributed by atoms with van der Waals surface area (Å²) in [5, 5.41) is 0. The highest BCUT2D eigenvalue weighted by atomic mass is 16.2. The van der Waals surface area contributed by atoms with Gasteiger partial charge in [-0.2, -0.15) is 0 Å². The van der Waals surface area contributed by atoms with Crippen molar-refractivity contribution in [2.45, 2.75) is 33.6 Å². The summed E-state index contributed by atoms with van der Waals surface area (Å²) in [4.78, 5) is 25.8. The number of ketones is 1. The van der Waals surface area contributed by atoms with Crippen LogP contribution in [0.5, 0.6) is 0 Å². The molecule has 0 radical (unpaired) electrons. The van der Waals surface area contributed by atoms with E-state index in [2.05, 4.69) is 0 Å². The van der Waals surface area contributed by atoms with Crippen molar-refractivity contribution in [2.24, 2.45) is 0 Å². The van der Waals surface area contributed by atoms with Gasteiger partial charge in [-0.1, -0.05) is 43.7 Å². The first-order chi connectivity index (χ1) is 8.60. The van der Waals surface area contributed by atoms with Gasteiger partial charge in [0, 0.05) is 18.7 Å². The quantitative estimate of drug-likeness (QED) is 0.572. The second-order valence-corrected chi connectivity index (χ2v) is 4.49. The van der Waals surface area contributed by atoms with E-state index >= 15 is 0 Å². The SMILES string of the molecule is CCCN(CCC)C(=O)C(=O)c1ccc(C)cc1. The number of nitrogens with zero attached hydrogens (tertiary/aromatic N) is 1. The molecule has 0 spiro atoms. The number of hydrogen-bond donors (Lipinski definition) is 0. The highest BCUT2D eigenvalue weighted by Gasteiger charge is 2.21. The van der Waals surface area contributed by atoms with Crippen molar-refractivity contribution >= 4 is 11.7 Å². The predicted molar refractivity (Wildman–Crippen MR) is 72.7 cm³/mol. The molecule has 3 nitrogen and oxygen atoms in total. The third-order valence-corrected chi connectivity index (χ3v) is 2.78. The van der Waals surface area contributed by atoms with Crippen LogP contribution in [-0.2, 0) is 4.79 Å². The first kappa shape index (κ1) is 14.4. The molecule has 0 aromatic heterocycles. The summed E-state index contributed by atoms with van der Waals surface area (Å²) in [5.74, 6) is -0.792. The normalized spacial score (nSPS) is 10.2. The summed E-state index contributed by atoms with van der Waals surface area (Å²) in [7, 11) is 0. The molecule has 0 atom stereocenters. The van der Waals surface area contributed by atoms with Crippen LogP contribution in [0.1, 0.15) is 42.6 Å². The van der Waals surface area contributed by atoms with Crippen LogP contribution in [0.3, 0.4) is 0 Å². The molecular weight excluding hydrogens is 226 g/mol. The Morgan fingerprint density at radius 1 is 1.00 bits per heavy atom. The lowest BCUT2D eigenvalue weighted by atomic mass is 10.1. The zero-order valence-corrected chi connectivity index (χ0v) is 11.4. The molecule has 0 unspecified atom stereocenters. The van der Waals surface area contributed by atoms with Crippen molar-refractivity contribution in [3.05, 3.63) is 35.4 Å². The first-order valence-electron chi connectivity index (χ1n) is 6.50. The fourth-order valence-electron chi connectivity index (χ4n) is 1.83. The average Bonchev–Trinajstić information content (AvgIpc) is 2.38. The van der Waals surface area contributed by atoms with Gasteiger partial charge >= 0.3 is 0 Å². The standard InChI is InChI=1S/C15H21NO2/c1-4-10-16(11-5-2)15(18)14(17)13-8-6-12(3)7-9-13/h6-9H,4-5,10-11H2,1-3H3. The molecule has 0 bridgehead atoms. The molecule has 0 fully saturated rings. The van der Waals surface area contributed by atoms with E-state index in [1.165, 1.54) is 0 Å². The van der Waals surface area contributed by atoms with Crippen LogP contribution in [0.15, 0.2) is 24.3 Å². The highest BCUT2D eigenvalue weighted by Crippen LogP contribution is 2.07. The van der Waals surface area contributed by atoms with Gasteiger partial charge in [-0.25, -0.2) is 0 Å². The lowest BCUT2D eigenvalue weighted by molar-refractivity contribution is -0.126. The molecule has 0 heterocycles. The van der Waals surface area contributed by atoms with Crippen LogP contribution in [0.2, 0.25) is 0 Å². The van der Waals surface area contributed by atoms with Gasteiger partial charge in [-0.3, -0.25) is 9.59 Å². The van der Waals surface area contributed by atoms with E-state index in [1.54, 1.807) is 17.0 Å². The van der Waals surface area contributed by atoms with E-state index in [0.717, 1.165) is 18.4 Å². The minimum Gasteiger partial charge on any atom is -0.336 e. The van der Waals surface area contributed by atoms with Crippen LogP contribution >= 0.6 is 0 Å². The van der Waals surface area contributed by atoms with Gasteiger partial charge in [-0.15, -0.1) is 0 Å². The van der Waals surface area contributed by atoms with Gasteiger partial charge in [0.2, 0.25) is 5.78 Å². The van der Waals surface area contributed by atoms with Crippen molar-refractivity contribution in [3.63, 3.8) is 0 Å². The molecule has 1 amide bonds. The topological polar surface area (TPSA) is 37.4 Å². The Morgan fingerprint density at radius 2 is 1.50 bits per heavy atom. The van der Waals surface area contributed by atoms with Gasteiger partial charge in [0.15, 0.2) is 0 Å². The Hall–Kier alpha value is -1.64. The van der Waals surface area contributed by atoms with Crippen LogP contribution in [0.4, 0.5) is 0 Å². The van der Waals surface area contributed by atoms with E-state index in [1.807, 2.05) is 32.9 Å². The Morgan fingerprint density at radius 3 is 1.94 bits per heavy atom. The van der Waals surface area contributed by atoms with Gasteiger partial charge in [0.05, 0.1) is 0 Å². The summed E-state index contributed by atoms with van der Waals surface area (Å²) >= 11 is 0. The molecule has 1 rings (SSSR count). The van der Waals surface area contributed by atoms with E-state index in [0.29, 0.717) is 18.7 Å². The summed E-state index contributed by atoms with van der Waals surface area (Å²) in [5.41, 5.74) is 1.56. The van der Waals surface area contributed by atoms with Gasteiger partial charge in [0.25, 0.3) is 5.91 Å². The van der Waals surface area contributed by atoms with Crippen LogP contribution < -0.4 is 0 Å². The minimum atomic E-state index is -0.406. The Balaban J connectivity index is 2.81. The van der Waals surface area contributed by atoms with Crippen LogP contribution in [0, 0.1) is 6.92 Å². The lowest BCUT2D eigenvalue weighted by Gasteiger charge is -2.20. The zero-order chi connectivity index (χ0) is 13.5. The van der Waals surface area contributed by atoms with Gasteiger partial charge in [-0.05, 0) is 19.8 Å². The molecule has 0 saturated carbocycles. The number of aryl methyl sites for hydroxylation is 1. The number of amides is 1. The Bertz CT molecular complexity index is 403. The summed E-state index contributed by atoms with van der Waals surface area (Å²) < 4.78 is 0. The molecule has 1 aromatic rings. The number of benzene rings is 1. The third kappa shape index (κ3) is 3.69. The Labute approximate surface area is 109 Å². The van der Waals surface area contributed by atoms with Crippen molar-refractivity contribution < 1.29 is 9.59 Å². The van der Waals surface area contributed by atoms with Crippen molar-refractivity contribution in [1.82, 2.24) is 4.90 Å². The largest absolute Gasteiger partial charge is 0.336 e. The molecule has 0 N–H and O–H groups in total. The fourth-order valence-corrected chi connectivity index (χ4v) is 1.83. The third-order valence-electron chi connectivity index (χ3n) is 2.78. The second kappa shape index (κ2) is 6.94. The molecule has 3 heteroatoms. The highest BCUT2D eigenvalue weighted by molar-refractivity contribution is 6.42. The van der Waals surface area contributed by atoms with Crippen molar-refractivity contribution in [3.8, 4) is 0 Å². The maximum absolute atomic E-state index is 12.1. The smallest absolute Gasteiger partial charge is 0.294 e. The monoisotopic (exact) mass is 247 g/mol. The van der Waals surface area contributed by atoms with E-state index in [9.17, 15) is 9.59 Å². The molecule has 0 aliphatic heterocycles. The average molecular weight is 247 g/mol. The molecule has 18 heavy (non-hydrogen) atoms. The molecular formula is C15H21NO2. The lowest BCUT2D eigenvalue weighted by Crippen LogP contribution is -2.37. The molecule has 0 aliphatic carbocycles. The fraction of sp³-hybridized carbons (Fsp3) is 0.467. The van der Waals surface area contributed by atoms with Gasteiger partial charge in [0.1, 0.15) is 0 Å².